The maximum absolute atomic E-state index is 13.1. The Morgan fingerprint density at radius 2 is 2.17 bits per heavy atom. The van der Waals surface area contributed by atoms with E-state index in [4.69, 9.17) is 22.1 Å². The van der Waals surface area contributed by atoms with E-state index in [9.17, 15) is 9.59 Å². The number of hydrogen-bond donors (Lipinski definition) is 2. The van der Waals surface area contributed by atoms with Gasteiger partial charge in [0.2, 0.25) is 0 Å². The number of carbonyl (C=O) groups is 1. The summed E-state index contributed by atoms with van der Waals surface area (Å²) in [4.78, 5) is 32.4. The topological polar surface area (TPSA) is 96.2 Å². The molecule has 0 unspecified atom stereocenters. The van der Waals surface area contributed by atoms with Gasteiger partial charge in [0, 0.05) is 39.1 Å². The maximum Gasteiger partial charge on any atom is 0.267 e. The summed E-state index contributed by atoms with van der Waals surface area (Å²) >= 11 is 6.54. The Morgan fingerprint density at radius 1 is 1.33 bits per heavy atom. The van der Waals surface area contributed by atoms with Crippen LogP contribution in [-0.4, -0.2) is 62.5 Å². The highest BCUT2D eigenvalue weighted by atomic mass is 32.2. The highest BCUT2D eigenvalue weighted by Gasteiger charge is 2.32. The monoisotopic (exact) mass is 448 g/mol. The molecule has 1 aliphatic heterocycles. The molecule has 1 fully saturated rings. The van der Waals surface area contributed by atoms with Crippen molar-refractivity contribution in [1.29, 1.82) is 0 Å². The number of anilines is 1. The van der Waals surface area contributed by atoms with Crippen LogP contribution in [0.25, 0.3) is 11.7 Å². The highest BCUT2D eigenvalue weighted by molar-refractivity contribution is 8.26. The van der Waals surface area contributed by atoms with E-state index in [1.54, 1.807) is 30.5 Å². The quantitative estimate of drug-likeness (QED) is 0.324. The summed E-state index contributed by atoms with van der Waals surface area (Å²) in [5, 5.41) is 12.1. The first-order valence-electron chi connectivity index (χ1n) is 9.76. The zero-order valence-electron chi connectivity index (χ0n) is 16.7. The number of thiocarbonyl (C=S) groups is 1. The van der Waals surface area contributed by atoms with Gasteiger partial charge in [0.25, 0.3) is 11.5 Å². The number of nitrogens with zero attached hydrogens (tertiary/aromatic N) is 3. The minimum atomic E-state index is -0.284. The molecule has 1 saturated heterocycles. The number of fused-ring (bicyclic) bond motifs is 1. The molecule has 3 rings (SSSR count). The Bertz CT molecular complexity index is 1020. The number of thioether (sulfide) groups is 1. The fourth-order valence-corrected chi connectivity index (χ4v) is 4.24. The van der Waals surface area contributed by atoms with Gasteiger partial charge < -0.3 is 15.2 Å². The number of ether oxygens (including phenoxy) is 1. The minimum Gasteiger partial charge on any atom is -0.396 e. The van der Waals surface area contributed by atoms with E-state index in [1.165, 1.54) is 21.1 Å². The highest BCUT2D eigenvalue weighted by Crippen LogP contribution is 2.33. The van der Waals surface area contributed by atoms with Crippen LogP contribution in [0.5, 0.6) is 0 Å². The molecule has 0 aliphatic carbocycles. The van der Waals surface area contributed by atoms with Gasteiger partial charge >= 0.3 is 0 Å². The third-order valence-electron chi connectivity index (χ3n) is 4.42. The maximum atomic E-state index is 13.1. The summed E-state index contributed by atoms with van der Waals surface area (Å²) in [5.41, 5.74) is 0.495. The lowest BCUT2D eigenvalue weighted by atomic mass is 10.2. The molecule has 1 aliphatic rings. The van der Waals surface area contributed by atoms with Crippen molar-refractivity contribution in [3.05, 3.63) is 45.2 Å². The van der Waals surface area contributed by atoms with Crippen LogP contribution in [-0.2, 0) is 9.53 Å². The largest absolute Gasteiger partial charge is 0.396 e. The molecule has 160 valence electrons. The fraction of sp³-hybridized carbons (Fsp3) is 0.400. The molecule has 0 spiro atoms. The number of aromatic nitrogens is 2. The van der Waals surface area contributed by atoms with E-state index >= 15 is 0 Å². The molecule has 0 atom stereocenters. The Morgan fingerprint density at radius 3 is 2.93 bits per heavy atom. The van der Waals surface area contributed by atoms with E-state index < -0.39 is 0 Å². The van der Waals surface area contributed by atoms with Crippen LogP contribution in [0.4, 0.5) is 5.82 Å². The zero-order valence-corrected chi connectivity index (χ0v) is 18.3. The van der Waals surface area contributed by atoms with Crippen LogP contribution in [0.15, 0.2) is 34.1 Å². The van der Waals surface area contributed by atoms with Crippen LogP contribution >= 0.6 is 24.0 Å². The van der Waals surface area contributed by atoms with Crippen LogP contribution < -0.4 is 10.9 Å². The first kappa shape index (κ1) is 22.4. The van der Waals surface area contributed by atoms with E-state index in [2.05, 4.69) is 10.3 Å². The van der Waals surface area contributed by atoms with E-state index in [1.807, 2.05) is 6.92 Å². The number of nitrogens with one attached hydrogen (secondary N) is 1. The van der Waals surface area contributed by atoms with Crippen LogP contribution in [0.3, 0.4) is 0 Å². The van der Waals surface area contributed by atoms with E-state index in [0.717, 1.165) is 0 Å². The number of rotatable bonds is 10. The number of pyridine rings is 1. The van der Waals surface area contributed by atoms with Crippen LogP contribution in [0.2, 0.25) is 0 Å². The van der Waals surface area contributed by atoms with Crippen molar-refractivity contribution in [1.82, 2.24) is 14.3 Å². The molecule has 0 radical (unpaired) electrons. The summed E-state index contributed by atoms with van der Waals surface area (Å²) in [6.45, 7) is 4.05. The molecule has 0 aromatic carbocycles. The van der Waals surface area contributed by atoms with Crippen molar-refractivity contribution in [2.24, 2.45) is 0 Å². The van der Waals surface area contributed by atoms with Crippen molar-refractivity contribution in [3.63, 3.8) is 0 Å². The SMILES string of the molecule is CCOCCCN1C(=O)C(=Cc2c(NCCCO)nc3ccccn3c2=O)SC1=S. The predicted octanol–water partition coefficient (Wildman–Crippen LogP) is 2.12. The summed E-state index contributed by atoms with van der Waals surface area (Å²) < 4.78 is 7.22. The summed E-state index contributed by atoms with van der Waals surface area (Å²) in [5.74, 6) is 0.154. The molecule has 2 aromatic rings. The van der Waals surface area contributed by atoms with Gasteiger partial charge in [0.15, 0.2) is 0 Å². The lowest BCUT2D eigenvalue weighted by Crippen LogP contribution is -2.29. The third kappa shape index (κ3) is 5.07. The Hall–Kier alpha value is -2.27. The molecule has 3 heterocycles. The van der Waals surface area contributed by atoms with Crippen LogP contribution in [0.1, 0.15) is 25.3 Å². The van der Waals surface area contributed by atoms with Crippen molar-refractivity contribution in [3.8, 4) is 0 Å². The van der Waals surface area contributed by atoms with Crippen molar-refractivity contribution >= 4 is 51.7 Å². The van der Waals surface area contributed by atoms with Gasteiger partial charge in [-0.05, 0) is 38.0 Å². The molecule has 8 nitrogen and oxygen atoms in total. The van der Waals surface area contributed by atoms with Gasteiger partial charge in [0.1, 0.15) is 15.8 Å². The average molecular weight is 449 g/mol. The van der Waals surface area contributed by atoms with Crippen molar-refractivity contribution in [2.75, 3.05) is 38.2 Å². The standard InChI is InChI=1S/C20H24N4O4S2/c1-2-28-12-6-10-24-19(27)15(30-20(24)29)13-14-17(21-8-5-11-25)22-16-7-3-4-9-23(16)18(14)26/h3-4,7,9,13,21,25H,2,5-6,8,10-12H2,1H3. The second-order valence-corrected chi connectivity index (χ2v) is 8.17. The van der Waals surface area contributed by atoms with Crippen LogP contribution in [0, 0.1) is 0 Å². The van der Waals surface area contributed by atoms with Gasteiger partial charge in [-0.25, -0.2) is 4.98 Å². The number of amides is 1. The second kappa shape index (κ2) is 10.7. The van der Waals surface area contributed by atoms with Gasteiger partial charge in [-0.1, -0.05) is 30.0 Å². The molecule has 2 aromatic heterocycles. The van der Waals surface area contributed by atoms with Gasteiger partial charge in [0.05, 0.1) is 10.5 Å². The number of hydrogen-bond acceptors (Lipinski definition) is 8. The fourth-order valence-electron chi connectivity index (χ4n) is 2.95. The van der Waals surface area contributed by atoms with Gasteiger partial charge in [-0.3, -0.25) is 18.9 Å². The van der Waals surface area contributed by atoms with Crippen molar-refractivity contribution in [2.45, 2.75) is 19.8 Å². The summed E-state index contributed by atoms with van der Waals surface area (Å²) in [6, 6.07) is 5.28. The third-order valence-corrected chi connectivity index (χ3v) is 5.80. The lowest BCUT2D eigenvalue weighted by Gasteiger charge is -2.14. The first-order valence-corrected chi connectivity index (χ1v) is 11.0. The molecular weight excluding hydrogens is 424 g/mol. The predicted molar refractivity (Wildman–Crippen MR) is 123 cm³/mol. The molecule has 2 N–H and O–H groups in total. The Balaban J connectivity index is 1.93. The Labute approximate surface area is 183 Å². The van der Waals surface area contributed by atoms with Gasteiger partial charge in [-0.2, -0.15) is 0 Å². The molecular formula is C20H24N4O4S2. The van der Waals surface area contributed by atoms with E-state index in [-0.39, 0.29) is 23.6 Å². The van der Waals surface area contributed by atoms with E-state index in [0.29, 0.717) is 59.8 Å². The number of aliphatic hydroxyl groups excluding tert-OH is 1. The minimum absolute atomic E-state index is 0.0231. The average Bonchev–Trinajstić information content (AvgIpc) is 3.01. The first-order chi connectivity index (χ1) is 14.6. The Kier molecular flexibility index (Phi) is 7.97. The zero-order chi connectivity index (χ0) is 21.5. The van der Waals surface area contributed by atoms with Crippen molar-refractivity contribution < 1.29 is 14.6 Å². The summed E-state index contributed by atoms with van der Waals surface area (Å²) in [7, 11) is 0. The molecule has 0 saturated carbocycles. The number of carbonyl (C=O) groups excluding carboxylic acids is 1. The molecule has 0 bridgehead atoms. The smallest absolute Gasteiger partial charge is 0.267 e. The molecule has 1 amide bonds. The second-order valence-electron chi connectivity index (χ2n) is 6.50. The molecule has 30 heavy (non-hydrogen) atoms. The summed E-state index contributed by atoms with van der Waals surface area (Å²) in [6.07, 6.45) is 4.38. The number of aliphatic hydroxyl groups is 1. The molecule has 10 heteroatoms. The normalized spacial score (nSPS) is 15.5. The van der Waals surface area contributed by atoms with Gasteiger partial charge in [-0.15, -0.1) is 0 Å². The lowest BCUT2D eigenvalue weighted by molar-refractivity contribution is -0.122.